The summed E-state index contributed by atoms with van der Waals surface area (Å²) in [6.45, 7) is 2.58. The van der Waals surface area contributed by atoms with Crippen LogP contribution in [0, 0.1) is 0 Å². The van der Waals surface area contributed by atoms with Crippen LogP contribution in [0.4, 0.5) is 0 Å². The molecule has 1 saturated heterocycles. The van der Waals surface area contributed by atoms with Gasteiger partial charge in [-0.1, -0.05) is 18.2 Å². The van der Waals surface area contributed by atoms with Crippen LogP contribution >= 0.6 is 0 Å². The minimum absolute atomic E-state index is 0.117. The van der Waals surface area contributed by atoms with Crippen molar-refractivity contribution in [2.45, 2.75) is 12.5 Å². The van der Waals surface area contributed by atoms with Crippen molar-refractivity contribution >= 4 is 16.9 Å². The van der Waals surface area contributed by atoms with E-state index in [1.807, 2.05) is 18.3 Å². The van der Waals surface area contributed by atoms with Gasteiger partial charge >= 0.3 is 5.97 Å². The molecule has 0 aliphatic carbocycles. The summed E-state index contributed by atoms with van der Waals surface area (Å²) in [5.41, 5.74) is 1.21. The summed E-state index contributed by atoms with van der Waals surface area (Å²) in [6, 6.07) is 10.4. The molecular formula is C14H19N3O2. The number of nitrogens with one attached hydrogen (secondary N) is 3. The standard InChI is InChI=1S/C8H7N.C6H12N2O2/c1-2-4-8-7(3-1)5-6-9-8;9-6(10)3-5-4-7-1-2-8-5/h1-6,9H;5,7-8H,1-4H2,(H,9,10). The molecule has 0 amide bonds. The maximum atomic E-state index is 10.2. The van der Waals surface area contributed by atoms with Crippen molar-refractivity contribution < 1.29 is 9.90 Å². The van der Waals surface area contributed by atoms with Gasteiger partial charge in [-0.15, -0.1) is 0 Å². The average molecular weight is 261 g/mol. The van der Waals surface area contributed by atoms with Crippen molar-refractivity contribution in [3.05, 3.63) is 36.5 Å². The van der Waals surface area contributed by atoms with Crippen molar-refractivity contribution in [2.24, 2.45) is 0 Å². The molecule has 0 bridgehead atoms. The third-order valence-corrected chi connectivity index (χ3v) is 3.01. The number of H-pyrrole nitrogens is 1. The van der Waals surface area contributed by atoms with E-state index in [-0.39, 0.29) is 12.5 Å². The van der Waals surface area contributed by atoms with Crippen LogP contribution in [0.15, 0.2) is 36.5 Å². The SMILES string of the molecule is O=C(O)CC1CNCCN1.c1ccc2[nH]ccc2c1. The third kappa shape index (κ3) is 4.39. The second-order valence-electron chi connectivity index (χ2n) is 4.52. The zero-order valence-corrected chi connectivity index (χ0v) is 10.7. The molecule has 1 aliphatic heterocycles. The van der Waals surface area contributed by atoms with E-state index in [1.54, 1.807) is 0 Å². The van der Waals surface area contributed by atoms with Gasteiger partial charge < -0.3 is 20.7 Å². The molecule has 5 nitrogen and oxygen atoms in total. The highest BCUT2D eigenvalue weighted by Gasteiger charge is 2.14. The molecule has 1 unspecified atom stereocenters. The van der Waals surface area contributed by atoms with Crippen LogP contribution < -0.4 is 10.6 Å². The second-order valence-corrected chi connectivity index (χ2v) is 4.52. The molecule has 0 spiro atoms. The van der Waals surface area contributed by atoms with Crippen LogP contribution in [0.1, 0.15) is 6.42 Å². The Morgan fingerprint density at radius 2 is 2.11 bits per heavy atom. The maximum Gasteiger partial charge on any atom is 0.304 e. The molecule has 1 aromatic heterocycles. The summed E-state index contributed by atoms with van der Waals surface area (Å²) >= 11 is 0. The third-order valence-electron chi connectivity index (χ3n) is 3.01. The molecule has 102 valence electrons. The molecule has 1 aromatic carbocycles. The summed E-state index contributed by atoms with van der Waals surface area (Å²) in [5, 5.41) is 15.9. The number of hydrogen-bond donors (Lipinski definition) is 4. The van der Waals surface area contributed by atoms with E-state index in [2.05, 4.69) is 33.8 Å². The molecule has 3 rings (SSSR count). The number of aromatic amines is 1. The van der Waals surface area contributed by atoms with Crippen molar-refractivity contribution in [2.75, 3.05) is 19.6 Å². The molecule has 1 aliphatic rings. The molecule has 2 aromatic rings. The summed E-state index contributed by atoms with van der Waals surface area (Å²) in [6.07, 6.45) is 2.16. The summed E-state index contributed by atoms with van der Waals surface area (Å²) in [5.74, 6) is -0.735. The van der Waals surface area contributed by atoms with Crippen molar-refractivity contribution in [3.8, 4) is 0 Å². The monoisotopic (exact) mass is 261 g/mol. The summed E-state index contributed by atoms with van der Waals surface area (Å²) in [4.78, 5) is 13.3. The number of carbonyl (C=O) groups is 1. The van der Waals surface area contributed by atoms with E-state index < -0.39 is 5.97 Å². The Kier molecular flexibility index (Phi) is 4.94. The lowest BCUT2D eigenvalue weighted by molar-refractivity contribution is -0.137. The van der Waals surface area contributed by atoms with Gasteiger partial charge in [-0.05, 0) is 17.5 Å². The number of para-hydroxylation sites is 1. The minimum Gasteiger partial charge on any atom is -0.481 e. The van der Waals surface area contributed by atoms with Crippen LogP contribution in [0.5, 0.6) is 0 Å². The van der Waals surface area contributed by atoms with Gasteiger partial charge in [0.25, 0.3) is 0 Å². The quantitative estimate of drug-likeness (QED) is 0.655. The molecule has 1 fully saturated rings. The average Bonchev–Trinajstić information content (AvgIpc) is 2.88. The molecule has 2 heterocycles. The van der Waals surface area contributed by atoms with Gasteiger partial charge in [-0.25, -0.2) is 0 Å². The Bertz CT molecular complexity index is 488. The van der Waals surface area contributed by atoms with E-state index in [1.165, 1.54) is 10.9 Å². The zero-order chi connectivity index (χ0) is 13.5. The van der Waals surface area contributed by atoms with Gasteiger partial charge in [0.2, 0.25) is 0 Å². The smallest absolute Gasteiger partial charge is 0.304 e. The Labute approximate surface area is 112 Å². The highest BCUT2D eigenvalue weighted by atomic mass is 16.4. The highest BCUT2D eigenvalue weighted by Crippen LogP contribution is 2.09. The Morgan fingerprint density at radius 1 is 1.26 bits per heavy atom. The van der Waals surface area contributed by atoms with Crippen LogP contribution in [-0.2, 0) is 4.79 Å². The Morgan fingerprint density at radius 3 is 2.79 bits per heavy atom. The lowest BCUT2D eigenvalue weighted by atomic mass is 10.2. The first-order valence-electron chi connectivity index (χ1n) is 6.44. The highest BCUT2D eigenvalue weighted by molar-refractivity contribution is 5.78. The van der Waals surface area contributed by atoms with Gasteiger partial charge in [0.1, 0.15) is 0 Å². The first-order valence-corrected chi connectivity index (χ1v) is 6.44. The van der Waals surface area contributed by atoms with Crippen LogP contribution in [-0.4, -0.2) is 41.7 Å². The fourth-order valence-electron chi connectivity index (χ4n) is 2.06. The van der Waals surface area contributed by atoms with Gasteiger partial charge in [0.05, 0.1) is 6.42 Å². The fraction of sp³-hybridized carbons (Fsp3) is 0.357. The second kappa shape index (κ2) is 6.92. The summed E-state index contributed by atoms with van der Waals surface area (Å²) < 4.78 is 0. The largest absolute Gasteiger partial charge is 0.481 e. The number of carboxylic acid groups (broad SMARTS) is 1. The molecule has 0 saturated carbocycles. The van der Waals surface area contributed by atoms with E-state index in [9.17, 15) is 4.79 Å². The topological polar surface area (TPSA) is 77.2 Å². The van der Waals surface area contributed by atoms with Crippen LogP contribution in [0.25, 0.3) is 10.9 Å². The number of carboxylic acids is 1. The lowest BCUT2D eigenvalue weighted by Gasteiger charge is -2.22. The number of fused-ring (bicyclic) bond motifs is 1. The molecule has 5 heteroatoms. The first-order chi connectivity index (χ1) is 9.25. The Hall–Kier alpha value is -1.85. The normalized spacial score (nSPS) is 18.6. The number of benzene rings is 1. The molecule has 4 N–H and O–H groups in total. The van der Waals surface area contributed by atoms with E-state index in [0.29, 0.717) is 0 Å². The van der Waals surface area contributed by atoms with Crippen LogP contribution in [0.2, 0.25) is 0 Å². The van der Waals surface area contributed by atoms with Crippen LogP contribution in [0.3, 0.4) is 0 Å². The van der Waals surface area contributed by atoms with Gasteiger partial charge in [0.15, 0.2) is 0 Å². The van der Waals surface area contributed by atoms with Gasteiger partial charge in [0, 0.05) is 37.4 Å². The lowest BCUT2D eigenvalue weighted by Crippen LogP contribution is -2.49. The zero-order valence-electron chi connectivity index (χ0n) is 10.7. The molecule has 19 heavy (non-hydrogen) atoms. The van der Waals surface area contributed by atoms with Crippen molar-refractivity contribution in [3.63, 3.8) is 0 Å². The molecule has 0 radical (unpaired) electrons. The first kappa shape index (κ1) is 13.6. The molecule has 1 atom stereocenters. The van der Waals surface area contributed by atoms with E-state index >= 15 is 0 Å². The predicted octanol–water partition coefficient (Wildman–Crippen LogP) is 1.19. The molecular weight excluding hydrogens is 242 g/mol. The fourth-order valence-corrected chi connectivity index (χ4v) is 2.06. The number of hydrogen-bond acceptors (Lipinski definition) is 3. The van der Waals surface area contributed by atoms with Crippen molar-refractivity contribution in [1.29, 1.82) is 0 Å². The number of piperazine rings is 1. The van der Waals surface area contributed by atoms with Gasteiger partial charge in [-0.2, -0.15) is 0 Å². The number of rotatable bonds is 2. The van der Waals surface area contributed by atoms with E-state index in [0.717, 1.165) is 19.6 Å². The minimum atomic E-state index is -0.735. The predicted molar refractivity (Wildman–Crippen MR) is 75.2 cm³/mol. The van der Waals surface area contributed by atoms with E-state index in [4.69, 9.17) is 5.11 Å². The number of aliphatic carboxylic acids is 1. The van der Waals surface area contributed by atoms with Gasteiger partial charge in [-0.3, -0.25) is 4.79 Å². The Balaban J connectivity index is 0.000000141. The maximum absolute atomic E-state index is 10.2. The summed E-state index contributed by atoms with van der Waals surface area (Å²) in [7, 11) is 0. The van der Waals surface area contributed by atoms with Crippen molar-refractivity contribution in [1.82, 2.24) is 15.6 Å². The number of aromatic nitrogens is 1.